The molecule has 4 aromatic heterocycles. The Morgan fingerprint density at radius 2 is 0.593 bits per heavy atom. The number of aromatic amines is 4. The number of carbonyl (C=O) groups excluding carboxylic acids is 4. The fourth-order valence-corrected chi connectivity index (χ4v) is 11.1. The molecule has 0 atom stereocenters. The highest BCUT2D eigenvalue weighted by molar-refractivity contribution is 5.98. The van der Waals surface area contributed by atoms with Gasteiger partial charge in [-0.25, -0.2) is 19.9 Å². The Morgan fingerprint density at radius 1 is 0.319 bits per heavy atom. The van der Waals surface area contributed by atoms with Gasteiger partial charge in [-0.2, -0.15) is 0 Å². The zero-order valence-corrected chi connectivity index (χ0v) is 51.9. The Morgan fingerprint density at radius 3 is 0.901 bits per heavy atom. The molecule has 0 bridgehead atoms. The van der Waals surface area contributed by atoms with Crippen molar-refractivity contribution in [3.05, 3.63) is 192 Å². The molecule has 0 saturated heterocycles. The van der Waals surface area contributed by atoms with Crippen LogP contribution in [0.3, 0.4) is 0 Å². The maximum absolute atomic E-state index is 14.1. The summed E-state index contributed by atoms with van der Waals surface area (Å²) in [5.41, 5.74) is 16.8. The first-order chi connectivity index (χ1) is 44.1. The van der Waals surface area contributed by atoms with Gasteiger partial charge in [-0.1, -0.05) is 72.8 Å². The highest BCUT2D eigenvalue weighted by Gasteiger charge is 2.19. The fraction of sp³-hybridized carbons (Fsp3) is 0.222. The molecule has 8 aromatic carbocycles. The zero-order chi connectivity index (χ0) is 63.1. The van der Waals surface area contributed by atoms with E-state index in [1.807, 2.05) is 166 Å². The average molecular weight is 1210 g/mol. The Hall–Kier alpha value is -10.6. The highest BCUT2D eigenvalue weighted by atomic mass is 16.2. The number of benzene rings is 8. The summed E-state index contributed by atoms with van der Waals surface area (Å²) in [6.07, 6.45) is 1.38. The van der Waals surface area contributed by atoms with Crippen LogP contribution in [-0.2, 0) is 0 Å². The summed E-state index contributed by atoms with van der Waals surface area (Å²) in [6, 6.07) is 54.5. The first-order valence-electron chi connectivity index (χ1n) is 30.6. The molecule has 0 spiro atoms. The van der Waals surface area contributed by atoms with E-state index >= 15 is 0 Å². The normalized spacial score (nSPS) is 11.7. The molecule has 0 saturated carbocycles. The van der Waals surface area contributed by atoms with Gasteiger partial charge in [0.25, 0.3) is 23.6 Å². The summed E-state index contributed by atoms with van der Waals surface area (Å²) >= 11 is 0. The molecule has 0 aliphatic heterocycles. The van der Waals surface area contributed by atoms with Crippen LogP contribution >= 0.6 is 0 Å². The van der Waals surface area contributed by atoms with Crippen molar-refractivity contribution in [2.45, 2.75) is 12.8 Å². The van der Waals surface area contributed by atoms with Crippen LogP contribution in [0.4, 0.5) is 0 Å². The number of rotatable bonds is 24. The second-order valence-corrected chi connectivity index (χ2v) is 23.8. The van der Waals surface area contributed by atoms with E-state index in [9.17, 15) is 19.2 Å². The Balaban J connectivity index is 0.638. The first kappa shape index (κ1) is 60.7. The third-order valence-corrected chi connectivity index (χ3v) is 16.2. The Kier molecular flexibility index (Phi) is 18.0. The molecule has 19 nitrogen and oxygen atoms in total. The van der Waals surface area contributed by atoms with Gasteiger partial charge in [-0.15, -0.1) is 0 Å². The lowest BCUT2D eigenvalue weighted by Gasteiger charge is -2.24. The summed E-state index contributed by atoms with van der Waals surface area (Å²) < 4.78 is 0. The van der Waals surface area contributed by atoms with Gasteiger partial charge in [0.2, 0.25) is 0 Å². The first-order valence-corrected chi connectivity index (χ1v) is 30.6. The van der Waals surface area contributed by atoms with Gasteiger partial charge >= 0.3 is 0 Å². The monoisotopic (exact) mass is 1210 g/mol. The number of aromatic nitrogens is 8. The number of hydrogen-bond donors (Lipinski definition) is 7. The van der Waals surface area contributed by atoms with Crippen molar-refractivity contribution in [3.8, 4) is 67.8 Å². The van der Waals surface area contributed by atoms with E-state index in [2.05, 4.69) is 89.3 Å². The zero-order valence-electron chi connectivity index (χ0n) is 51.9. The SMILES string of the molecule is CN(C)CCCN(CCCNC(=O)c1ccc(-c2nc3ccc(-c4ccc5nc(-c6ccc(C(=O)NCCN(C)C)cc6)[nH]c5c4)cc3[nH]2)cc1)C(=O)c1ccc(-c2nc3ccc(-c4ccc5nc(-c6ccc(C(=O)NCCN(C)C)cc6)[nH]c5c4)cc3[nH]2)cc1. The van der Waals surface area contributed by atoms with Gasteiger partial charge in [0, 0.05) is 90.3 Å². The molecule has 4 amide bonds. The number of nitrogens with one attached hydrogen (secondary N) is 7. The van der Waals surface area contributed by atoms with E-state index in [1.165, 1.54) is 0 Å². The van der Waals surface area contributed by atoms with Crippen LogP contribution < -0.4 is 16.0 Å². The molecule has 460 valence electrons. The summed E-state index contributed by atoms with van der Waals surface area (Å²) in [7, 11) is 11.9. The molecule has 0 radical (unpaired) electrons. The third kappa shape index (κ3) is 14.3. The Bertz CT molecular complexity index is 4580. The highest BCUT2D eigenvalue weighted by Crippen LogP contribution is 2.32. The van der Waals surface area contributed by atoms with Crippen LogP contribution in [0.2, 0.25) is 0 Å². The summed E-state index contributed by atoms with van der Waals surface area (Å²) in [5, 5.41) is 8.98. The lowest BCUT2D eigenvalue weighted by molar-refractivity contribution is 0.0747. The topological polar surface area (TPSA) is 232 Å². The largest absolute Gasteiger partial charge is 0.352 e. The molecule has 7 N–H and O–H groups in total. The fourth-order valence-electron chi connectivity index (χ4n) is 11.1. The summed E-state index contributed by atoms with van der Waals surface area (Å²) in [4.78, 5) is 94.3. The van der Waals surface area contributed by atoms with Gasteiger partial charge in [0.1, 0.15) is 23.3 Å². The molecule has 12 aromatic rings. The molecular weight excluding hydrogens is 1140 g/mol. The van der Waals surface area contributed by atoms with Crippen LogP contribution in [0.15, 0.2) is 170 Å². The molecule has 0 aliphatic carbocycles. The number of H-pyrrole nitrogens is 4. The van der Waals surface area contributed by atoms with Crippen molar-refractivity contribution >= 4 is 67.8 Å². The van der Waals surface area contributed by atoms with Crippen LogP contribution in [0.5, 0.6) is 0 Å². The minimum absolute atomic E-state index is 0.0674. The van der Waals surface area contributed by atoms with Crippen molar-refractivity contribution in [2.24, 2.45) is 0 Å². The standard InChI is InChI=1S/C72H73N15O4/c1-84(2)36-8-38-87(72(91)52-23-15-48(16-24-52)68-79-60-32-28-56(44-64(60)83-68)55-27-31-59-63(43-55)82-67(78-59)47-13-21-51(22-14-47)71(90)75-35-40-86(5)6)37-7-33-73-69(88)49-17-9-45(10-18-49)65-76-57-29-25-53(41-61(57)80-65)54-26-30-58-62(42-54)81-66(77-58)46-11-19-50(20-12-46)70(89)74-34-39-85(3)4/h9-32,41-44H,7-8,33-40H2,1-6H3,(H,73,88)(H,74,89)(H,75,90)(H,76,80)(H,77,81)(H,78,82)(H,79,83). The van der Waals surface area contributed by atoms with Crippen LogP contribution in [-0.4, -0.2) is 178 Å². The maximum Gasteiger partial charge on any atom is 0.253 e. The Labute approximate surface area is 527 Å². The quantitative estimate of drug-likeness (QED) is 0.0281. The number of hydrogen-bond acceptors (Lipinski definition) is 11. The number of carbonyl (C=O) groups is 4. The molecule has 91 heavy (non-hydrogen) atoms. The second kappa shape index (κ2) is 27.0. The van der Waals surface area contributed by atoms with Crippen LogP contribution in [0, 0.1) is 0 Å². The van der Waals surface area contributed by atoms with Gasteiger partial charge in [-0.3, -0.25) is 19.2 Å². The number of amides is 4. The molecule has 0 aliphatic rings. The van der Waals surface area contributed by atoms with Crippen molar-refractivity contribution in [1.82, 2.24) is 75.4 Å². The van der Waals surface area contributed by atoms with Crippen molar-refractivity contribution in [3.63, 3.8) is 0 Å². The predicted molar refractivity (Wildman–Crippen MR) is 362 cm³/mol. The van der Waals surface area contributed by atoms with Crippen molar-refractivity contribution < 1.29 is 19.2 Å². The lowest BCUT2D eigenvalue weighted by atomic mass is 10.0. The van der Waals surface area contributed by atoms with Crippen LogP contribution in [0.25, 0.3) is 112 Å². The molecule has 12 rings (SSSR count). The van der Waals surface area contributed by atoms with Crippen molar-refractivity contribution in [2.75, 3.05) is 94.6 Å². The number of fused-ring (bicyclic) bond motifs is 4. The van der Waals surface area contributed by atoms with E-state index in [-0.39, 0.29) is 23.6 Å². The molecule has 4 heterocycles. The van der Waals surface area contributed by atoms with Gasteiger partial charge < -0.3 is 55.5 Å². The third-order valence-electron chi connectivity index (χ3n) is 16.2. The van der Waals surface area contributed by atoms with E-state index in [4.69, 9.17) is 19.9 Å². The van der Waals surface area contributed by atoms with Gasteiger partial charge in [0.15, 0.2) is 0 Å². The minimum atomic E-state index is -0.192. The molecular formula is C72H73N15O4. The van der Waals surface area contributed by atoms with E-state index in [0.717, 1.165) is 126 Å². The molecule has 0 fully saturated rings. The lowest BCUT2D eigenvalue weighted by Crippen LogP contribution is -2.36. The summed E-state index contributed by atoms with van der Waals surface area (Å²) in [5.74, 6) is 2.38. The van der Waals surface area contributed by atoms with Gasteiger partial charge in [0.05, 0.1) is 44.1 Å². The molecule has 0 unspecified atom stereocenters. The van der Waals surface area contributed by atoms with E-state index in [0.29, 0.717) is 73.0 Å². The average Bonchev–Trinajstić information content (AvgIpc) is 2.00. The van der Waals surface area contributed by atoms with Crippen LogP contribution in [0.1, 0.15) is 54.3 Å². The van der Waals surface area contributed by atoms with Gasteiger partial charge in [-0.05, 0) is 181 Å². The number of nitrogens with zero attached hydrogens (tertiary/aromatic N) is 8. The van der Waals surface area contributed by atoms with E-state index in [1.54, 1.807) is 12.1 Å². The molecule has 19 heteroatoms. The number of imidazole rings is 4. The van der Waals surface area contributed by atoms with Crippen molar-refractivity contribution in [1.29, 1.82) is 0 Å². The predicted octanol–water partition coefficient (Wildman–Crippen LogP) is 11.0. The van der Waals surface area contributed by atoms with E-state index < -0.39 is 0 Å². The number of likely N-dealkylation sites (N-methyl/N-ethyl adjacent to an activating group) is 2. The smallest absolute Gasteiger partial charge is 0.253 e. The summed E-state index contributed by atoms with van der Waals surface area (Å²) in [6.45, 7) is 4.97. The maximum atomic E-state index is 14.1. The second-order valence-electron chi connectivity index (χ2n) is 23.8. The minimum Gasteiger partial charge on any atom is -0.352 e.